The van der Waals surface area contributed by atoms with Crippen LogP contribution >= 0.6 is 15.9 Å². The first-order valence-electron chi connectivity index (χ1n) is 5.71. The van der Waals surface area contributed by atoms with Gasteiger partial charge in [-0.3, -0.25) is 4.98 Å². The quantitative estimate of drug-likeness (QED) is 0.907. The first-order chi connectivity index (χ1) is 9.02. The predicted molar refractivity (Wildman–Crippen MR) is 77.0 cm³/mol. The van der Waals surface area contributed by atoms with Crippen molar-refractivity contribution in [2.75, 3.05) is 5.32 Å². The number of aliphatic carboxylic acids is 1. The maximum absolute atomic E-state index is 11.6. The van der Waals surface area contributed by atoms with E-state index in [1.807, 2.05) is 24.3 Å². The Morgan fingerprint density at radius 1 is 1.26 bits per heavy atom. The Hall–Kier alpha value is -1.88. The third-order valence-electron chi connectivity index (χ3n) is 2.84. The van der Waals surface area contributed by atoms with Gasteiger partial charge in [-0.05, 0) is 43.3 Å². The summed E-state index contributed by atoms with van der Waals surface area (Å²) in [7, 11) is 0. The first kappa shape index (κ1) is 13.5. The third-order valence-corrected chi connectivity index (χ3v) is 3.37. The third kappa shape index (κ3) is 2.93. The number of carboxylic acids is 1. The maximum Gasteiger partial charge on any atom is 0.335 e. The number of rotatable bonds is 4. The van der Waals surface area contributed by atoms with Crippen molar-refractivity contribution in [3.8, 4) is 0 Å². The molecule has 0 saturated heterocycles. The molecule has 1 aromatic carbocycles. The number of hydrogen-bond acceptors (Lipinski definition) is 3. The van der Waals surface area contributed by atoms with Crippen LogP contribution in [0.25, 0.3) is 0 Å². The molecule has 98 valence electrons. The highest BCUT2D eigenvalue weighted by Gasteiger charge is 2.36. The summed E-state index contributed by atoms with van der Waals surface area (Å²) in [5.74, 6) is -0.978. The van der Waals surface area contributed by atoms with E-state index in [0.29, 0.717) is 5.69 Å². The molecular formula is C14H13BrN2O2. The van der Waals surface area contributed by atoms with Gasteiger partial charge < -0.3 is 10.4 Å². The Labute approximate surface area is 119 Å². The fraction of sp³-hybridized carbons (Fsp3) is 0.143. The summed E-state index contributed by atoms with van der Waals surface area (Å²) >= 11 is 3.34. The molecule has 0 aliphatic carbocycles. The van der Waals surface area contributed by atoms with Crippen molar-refractivity contribution in [2.45, 2.75) is 12.5 Å². The van der Waals surface area contributed by atoms with Crippen LogP contribution in [0.4, 0.5) is 5.69 Å². The highest BCUT2D eigenvalue weighted by Crippen LogP contribution is 2.25. The monoisotopic (exact) mass is 320 g/mol. The molecule has 0 bridgehead atoms. The van der Waals surface area contributed by atoms with Gasteiger partial charge >= 0.3 is 5.97 Å². The van der Waals surface area contributed by atoms with Crippen LogP contribution < -0.4 is 5.32 Å². The zero-order valence-corrected chi connectivity index (χ0v) is 11.9. The van der Waals surface area contributed by atoms with E-state index in [4.69, 9.17) is 0 Å². The average molecular weight is 321 g/mol. The SMILES string of the molecule is CC(Nc1ccc(Br)cc1)(C(=O)O)c1ccccn1. The summed E-state index contributed by atoms with van der Waals surface area (Å²) < 4.78 is 0.938. The van der Waals surface area contributed by atoms with Gasteiger partial charge in [-0.15, -0.1) is 0 Å². The maximum atomic E-state index is 11.6. The van der Waals surface area contributed by atoms with Gasteiger partial charge in [0.15, 0.2) is 5.54 Å². The van der Waals surface area contributed by atoms with Crippen LogP contribution in [-0.4, -0.2) is 16.1 Å². The molecule has 0 aliphatic heterocycles. The van der Waals surface area contributed by atoms with E-state index >= 15 is 0 Å². The lowest BCUT2D eigenvalue weighted by Crippen LogP contribution is -2.41. The number of anilines is 1. The largest absolute Gasteiger partial charge is 0.479 e. The van der Waals surface area contributed by atoms with Gasteiger partial charge in [-0.1, -0.05) is 22.0 Å². The minimum atomic E-state index is -1.27. The lowest BCUT2D eigenvalue weighted by atomic mass is 9.96. The van der Waals surface area contributed by atoms with Crippen molar-refractivity contribution < 1.29 is 9.90 Å². The van der Waals surface area contributed by atoms with Crippen molar-refractivity contribution in [2.24, 2.45) is 0 Å². The number of halogens is 1. The average Bonchev–Trinajstić information content (AvgIpc) is 2.42. The zero-order chi connectivity index (χ0) is 13.9. The van der Waals surface area contributed by atoms with E-state index in [0.717, 1.165) is 10.2 Å². The summed E-state index contributed by atoms with van der Waals surface area (Å²) in [6, 6.07) is 12.5. The van der Waals surface area contributed by atoms with E-state index in [1.165, 1.54) is 0 Å². The molecule has 2 N–H and O–H groups in total. The van der Waals surface area contributed by atoms with E-state index in [2.05, 4.69) is 26.2 Å². The molecule has 0 amide bonds. The number of aromatic nitrogens is 1. The Bertz CT molecular complexity index is 572. The smallest absolute Gasteiger partial charge is 0.335 e. The Balaban J connectivity index is 2.36. The van der Waals surface area contributed by atoms with E-state index in [-0.39, 0.29) is 0 Å². The first-order valence-corrected chi connectivity index (χ1v) is 6.50. The lowest BCUT2D eigenvalue weighted by molar-refractivity contribution is -0.142. The Morgan fingerprint density at radius 3 is 2.47 bits per heavy atom. The molecule has 2 rings (SSSR count). The molecule has 0 radical (unpaired) electrons. The minimum Gasteiger partial charge on any atom is -0.479 e. The van der Waals surface area contributed by atoms with Crippen LogP contribution in [0, 0.1) is 0 Å². The summed E-state index contributed by atoms with van der Waals surface area (Å²) in [5.41, 5.74) is -0.0843. The summed E-state index contributed by atoms with van der Waals surface area (Å²) in [6.45, 7) is 1.60. The van der Waals surface area contributed by atoms with Crippen molar-refractivity contribution >= 4 is 27.6 Å². The molecule has 2 aromatic rings. The van der Waals surface area contributed by atoms with Crippen molar-refractivity contribution in [3.63, 3.8) is 0 Å². The second-order valence-corrected chi connectivity index (χ2v) is 5.19. The normalized spacial score (nSPS) is 13.6. The van der Waals surface area contributed by atoms with Gasteiger partial charge in [0.1, 0.15) is 0 Å². The zero-order valence-electron chi connectivity index (χ0n) is 10.3. The molecule has 0 saturated carbocycles. The van der Waals surface area contributed by atoms with Crippen molar-refractivity contribution in [1.29, 1.82) is 0 Å². The fourth-order valence-corrected chi connectivity index (χ4v) is 1.97. The Morgan fingerprint density at radius 2 is 1.95 bits per heavy atom. The fourth-order valence-electron chi connectivity index (χ4n) is 1.71. The van der Waals surface area contributed by atoms with Crippen LogP contribution in [0.5, 0.6) is 0 Å². The standard InChI is InChI=1S/C14H13BrN2O2/c1-14(13(18)19,12-4-2-3-9-16-12)17-11-7-5-10(15)6-8-11/h2-9,17H,1H3,(H,18,19). The van der Waals surface area contributed by atoms with Crippen LogP contribution in [0.3, 0.4) is 0 Å². The number of carboxylic acid groups (broad SMARTS) is 1. The van der Waals surface area contributed by atoms with E-state index in [1.54, 1.807) is 31.3 Å². The van der Waals surface area contributed by atoms with E-state index < -0.39 is 11.5 Å². The van der Waals surface area contributed by atoms with Crippen LogP contribution in [0.2, 0.25) is 0 Å². The van der Waals surface area contributed by atoms with Crippen LogP contribution in [0.1, 0.15) is 12.6 Å². The number of carbonyl (C=O) groups is 1. The molecule has 0 aliphatic rings. The minimum absolute atomic E-state index is 0.463. The summed E-state index contributed by atoms with van der Waals surface area (Å²) in [5, 5.41) is 12.5. The van der Waals surface area contributed by atoms with Crippen LogP contribution in [0.15, 0.2) is 53.1 Å². The van der Waals surface area contributed by atoms with Crippen LogP contribution in [-0.2, 0) is 10.3 Å². The number of hydrogen-bond donors (Lipinski definition) is 2. The topological polar surface area (TPSA) is 62.2 Å². The van der Waals surface area contributed by atoms with Gasteiger partial charge in [-0.25, -0.2) is 4.79 Å². The lowest BCUT2D eigenvalue weighted by Gasteiger charge is -2.26. The summed E-state index contributed by atoms with van der Waals surface area (Å²) in [6.07, 6.45) is 1.58. The molecule has 1 aromatic heterocycles. The summed E-state index contributed by atoms with van der Waals surface area (Å²) in [4.78, 5) is 15.7. The van der Waals surface area contributed by atoms with Gasteiger partial charge in [0.25, 0.3) is 0 Å². The van der Waals surface area contributed by atoms with Gasteiger partial charge in [0, 0.05) is 16.4 Å². The van der Waals surface area contributed by atoms with Gasteiger partial charge in [0.05, 0.1) is 5.69 Å². The van der Waals surface area contributed by atoms with Crippen molar-refractivity contribution in [3.05, 3.63) is 58.8 Å². The predicted octanol–water partition coefficient (Wildman–Crippen LogP) is 3.26. The second kappa shape index (κ2) is 5.40. The highest BCUT2D eigenvalue weighted by atomic mass is 79.9. The molecule has 1 heterocycles. The van der Waals surface area contributed by atoms with Crippen molar-refractivity contribution in [1.82, 2.24) is 4.98 Å². The second-order valence-electron chi connectivity index (χ2n) is 4.28. The molecule has 5 heteroatoms. The number of benzene rings is 1. The molecular weight excluding hydrogens is 308 g/mol. The molecule has 1 atom stereocenters. The molecule has 1 unspecified atom stereocenters. The van der Waals surface area contributed by atoms with Gasteiger partial charge in [-0.2, -0.15) is 0 Å². The Kier molecular flexibility index (Phi) is 3.85. The van der Waals surface area contributed by atoms with E-state index in [9.17, 15) is 9.90 Å². The molecule has 0 fully saturated rings. The van der Waals surface area contributed by atoms with Gasteiger partial charge in [0.2, 0.25) is 0 Å². The highest BCUT2D eigenvalue weighted by molar-refractivity contribution is 9.10. The molecule has 0 spiro atoms. The number of nitrogens with one attached hydrogen (secondary N) is 1. The number of pyridine rings is 1. The molecule has 4 nitrogen and oxygen atoms in total. The number of nitrogens with zero attached hydrogens (tertiary/aromatic N) is 1. The molecule has 19 heavy (non-hydrogen) atoms.